The third kappa shape index (κ3) is 3.25. The van der Waals surface area contributed by atoms with Gasteiger partial charge in [-0.15, -0.1) is 12.3 Å². The van der Waals surface area contributed by atoms with Crippen molar-refractivity contribution in [2.45, 2.75) is 12.2 Å². The van der Waals surface area contributed by atoms with E-state index in [0.29, 0.717) is 5.22 Å². The molecular weight excluding hydrogens is 192 g/mol. The topological polar surface area (TPSA) is 13.1 Å². The maximum Gasteiger partial charge on any atom is 0.193 e. The molecule has 12 heavy (non-hydrogen) atoms. The van der Waals surface area contributed by atoms with Crippen LogP contribution in [0.4, 0.5) is 0 Å². The van der Waals surface area contributed by atoms with Crippen molar-refractivity contribution in [3.63, 3.8) is 0 Å². The molecule has 0 amide bonds. The van der Waals surface area contributed by atoms with Crippen molar-refractivity contribution in [3.8, 4) is 12.3 Å². The average Bonchev–Trinajstić information content (AvgIpc) is 2.45. The van der Waals surface area contributed by atoms with Crippen molar-refractivity contribution in [1.29, 1.82) is 0 Å². The fourth-order valence-corrected chi connectivity index (χ4v) is 1.66. The molecule has 0 saturated carbocycles. The summed E-state index contributed by atoms with van der Waals surface area (Å²) in [6, 6.07) is 3.63. The van der Waals surface area contributed by atoms with Crippen LogP contribution in [0.3, 0.4) is 0 Å². The first-order valence-electron chi connectivity index (χ1n) is 3.58. The van der Waals surface area contributed by atoms with Crippen molar-refractivity contribution in [3.05, 3.63) is 23.1 Å². The molecule has 1 nitrogen and oxygen atoms in total. The van der Waals surface area contributed by atoms with Gasteiger partial charge in [-0.25, -0.2) is 0 Å². The highest BCUT2D eigenvalue weighted by Gasteiger charge is 1.98. The van der Waals surface area contributed by atoms with Crippen LogP contribution in [0.25, 0.3) is 0 Å². The number of terminal acetylenes is 1. The SMILES string of the molecule is C#CCCSCc1ccc(Cl)o1. The van der Waals surface area contributed by atoms with Gasteiger partial charge in [-0.1, -0.05) is 0 Å². The summed E-state index contributed by atoms with van der Waals surface area (Å²) in [5.41, 5.74) is 0. The molecule has 0 N–H and O–H groups in total. The Hall–Kier alpha value is -0.520. The van der Waals surface area contributed by atoms with E-state index in [4.69, 9.17) is 22.4 Å². The molecule has 0 spiro atoms. The standard InChI is InChI=1S/C9H9ClOS/c1-2-3-6-12-7-8-4-5-9(10)11-8/h1,4-5H,3,6-7H2. The van der Waals surface area contributed by atoms with Gasteiger partial charge in [0.2, 0.25) is 0 Å². The smallest absolute Gasteiger partial charge is 0.193 e. The third-order valence-corrected chi connectivity index (χ3v) is 2.45. The molecule has 64 valence electrons. The molecule has 0 atom stereocenters. The zero-order valence-corrected chi connectivity index (χ0v) is 8.12. The fourth-order valence-electron chi connectivity index (χ4n) is 0.733. The van der Waals surface area contributed by atoms with Crippen LogP contribution in [-0.2, 0) is 5.75 Å². The molecule has 1 aromatic rings. The van der Waals surface area contributed by atoms with Crippen molar-refractivity contribution in [2.75, 3.05) is 5.75 Å². The van der Waals surface area contributed by atoms with E-state index < -0.39 is 0 Å². The zero-order valence-electron chi connectivity index (χ0n) is 6.55. The molecule has 3 heteroatoms. The molecule has 0 bridgehead atoms. The van der Waals surface area contributed by atoms with Gasteiger partial charge in [-0.2, -0.15) is 11.8 Å². The second-order valence-electron chi connectivity index (χ2n) is 2.21. The number of furan rings is 1. The molecule has 1 heterocycles. The maximum absolute atomic E-state index is 5.59. The van der Waals surface area contributed by atoms with Gasteiger partial charge in [0.1, 0.15) is 5.76 Å². The minimum atomic E-state index is 0.447. The highest BCUT2D eigenvalue weighted by molar-refractivity contribution is 7.98. The molecule has 1 rings (SSSR count). The number of rotatable bonds is 4. The second-order valence-corrected chi connectivity index (χ2v) is 3.69. The Labute approximate surface area is 81.5 Å². The van der Waals surface area contributed by atoms with Crippen molar-refractivity contribution in [2.24, 2.45) is 0 Å². The van der Waals surface area contributed by atoms with Crippen LogP contribution in [-0.4, -0.2) is 5.75 Å². The normalized spacial score (nSPS) is 9.67. The summed E-state index contributed by atoms with van der Waals surface area (Å²) in [5, 5.41) is 0.447. The van der Waals surface area contributed by atoms with Crippen molar-refractivity contribution < 1.29 is 4.42 Å². The molecular formula is C9H9ClOS. The monoisotopic (exact) mass is 200 g/mol. The van der Waals surface area contributed by atoms with Gasteiger partial charge in [0.25, 0.3) is 0 Å². The summed E-state index contributed by atoms with van der Waals surface area (Å²) < 4.78 is 5.16. The lowest BCUT2D eigenvalue weighted by Crippen LogP contribution is -1.78. The van der Waals surface area contributed by atoms with Crippen LogP contribution in [0.2, 0.25) is 5.22 Å². The molecule has 0 fully saturated rings. The van der Waals surface area contributed by atoms with E-state index in [1.807, 2.05) is 6.07 Å². The molecule has 0 aliphatic rings. The number of hydrogen-bond acceptors (Lipinski definition) is 2. The lowest BCUT2D eigenvalue weighted by Gasteiger charge is -1.93. The van der Waals surface area contributed by atoms with Gasteiger partial charge >= 0.3 is 0 Å². The first kappa shape index (κ1) is 9.57. The second kappa shape index (κ2) is 5.18. The quantitative estimate of drug-likeness (QED) is 0.547. The Morgan fingerprint density at radius 3 is 3.00 bits per heavy atom. The number of hydrogen-bond donors (Lipinski definition) is 0. The Balaban J connectivity index is 2.21. The van der Waals surface area contributed by atoms with Crippen LogP contribution in [0.5, 0.6) is 0 Å². The summed E-state index contributed by atoms with van der Waals surface area (Å²) in [6.45, 7) is 0. The first-order valence-corrected chi connectivity index (χ1v) is 5.11. The van der Waals surface area contributed by atoms with Gasteiger partial charge in [0, 0.05) is 12.2 Å². The van der Waals surface area contributed by atoms with Crippen LogP contribution in [0.15, 0.2) is 16.5 Å². The van der Waals surface area contributed by atoms with Gasteiger partial charge in [0.05, 0.1) is 5.75 Å². The van der Waals surface area contributed by atoms with Gasteiger partial charge < -0.3 is 4.42 Å². The highest BCUT2D eigenvalue weighted by atomic mass is 35.5. The van der Waals surface area contributed by atoms with E-state index in [1.165, 1.54) is 0 Å². The Morgan fingerprint density at radius 2 is 2.42 bits per heavy atom. The molecule has 0 aliphatic carbocycles. The number of halogens is 1. The predicted molar refractivity (Wildman–Crippen MR) is 53.3 cm³/mol. The molecule has 0 saturated heterocycles. The Kier molecular flexibility index (Phi) is 4.13. The summed E-state index contributed by atoms with van der Waals surface area (Å²) in [5.74, 6) is 5.30. The van der Waals surface area contributed by atoms with Gasteiger partial charge in [0.15, 0.2) is 5.22 Å². The number of thioether (sulfide) groups is 1. The van der Waals surface area contributed by atoms with Crippen molar-refractivity contribution in [1.82, 2.24) is 0 Å². The van der Waals surface area contributed by atoms with Crippen molar-refractivity contribution >= 4 is 23.4 Å². The highest BCUT2D eigenvalue weighted by Crippen LogP contribution is 2.18. The lowest BCUT2D eigenvalue weighted by atomic mass is 10.5. The molecule has 1 aromatic heterocycles. The molecule has 0 aromatic carbocycles. The van der Waals surface area contributed by atoms with E-state index in [0.717, 1.165) is 23.7 Å². The molecule has 0 unspecified atom stereocenters. The first-order chi connectivity index (χ1) is 5.83. The van der Waals surface area contributed by atoms with Crippen LogP contribution >= 0.6 is 23.4 Å². The Morgan fingerprint density at radius 1 is 1.58 bits per heavy atom. The van der Waals surface area contributed by atoms with E-state index in [9.17, 15) is 0 Å². The van der Waals surface area contributed by atoms with Crippen LogP contribution in [0, 0.1) is 12.3 Å². The molecule has 0 radical (unpaired) electrons. The lowest BCUT2D eigenvalue weighted by molar-refractivity contribution is 0.532. The summed E-state index contributed by atoms with van der Waals surface area (Å²) in [6.07, 6.45) is 5.91. The minimum Gasteiger partial charge on any atom is -0.449 e. The maximum atomic E-state index is 5.59. The van der Waals surface area contributed by atoms with E-state index >= 15 is 0 Å². The summed E-state index contributed by atoms with van der Waals surface area (Å²) >= 11 is 7.34. The van der Waals surface area contributed by atoms with Gasteiger partial charge in [-0.05, 0) is 23.7 Å². The average molecular weight is 201 g/mol. The fraction of sp³-hybridized carbons (Fsp3) is 0.333. The van der Waals surface area contributed by atoms with E-state index in [1.54, 1.807) is 17.8 Å². The predicted octanol–water partition coefficient (Wildman–Crippen LogP) is 3.19. The zero-order chi connectivity index (χ0) is 8.81. The van der Waals surface area contributed by atoms with E-state index in [-0.39, 0.29) is 0 Å². The summed E-state index contributed by atoms with van der Waals surface area (Å²) in [4.78, 5) is 0. The largest absolute Gasteiger partial charge is 0.449 e. The van der Waals surface area contributed by atoms with Gasteiger partial charge in [-0.3, -0.25) is 0 Å². The third-order valence-electron chi connectivity index (χ3n) is 1.26. The van der Waals surface area contributed by atoms with Crippen LogP contribution < -0.4 is 0 Å². The van der Waals surface area contributed by atoms with E-state index in [2.05, 4.69) is 5.92 Å². The Bertz CT molecular complexity index is 274. The minimum absolute atomic E-state index is 0.447. The molecule has 0 aliphatic heterocycles. The summed E-state index contributed by atoms with van der Waals surface area (Å²) in [7, 11) is 0. The van der Waals surface area contributed by atoms with Crippen LogP contribution in [0.1, 0.15) is 12.2 Å².